The molecule has 4 aromatic rings. The maximum atomic E-state index is 12.6. The number of nitrogens with zero attached hydrogens (tertiary/aromatic N) is 4. The lowest BCUT2D eigenvalue weighted by Crippen LogP contribution is -2.27. The van der Waals surface area contributed by atoms with Crippen LogP contribution >= 0.6 is 0 Å². The molecule has 1 aromatic carbocycles. The summed E-state index contributed by atoms with van der Waals surface area (Å²) in [4.78, 5) is 17.3. The van der Waals surface area contributed by atoms with Crippen LogP contribution in [0, 0.1) is 13.8 Å². The van der Waals surface area contributed by atoms with E-state index in [-0.39, 0.29) is 12.5 Å². The lowest BCUT2D eigenvalue weighted by molar-refractivity contribution is -0.121. The van der Waals surface area contributed by atoms with Crippen molar-refractivity contribution in [2.45, 2.75) is 33.9 Å². The summed E-state index contributed by atoms with van der Waals surface area (Å²) in [6.45, 7) is 7.12. The van der Waals surface area contributed by atoms with Gasteiger partial charge in [-0.15, -0.1) is 0 Å². The Morgan fingerprint density at radius 1 is 1.13 bits per heavy atom. The van der Waals surface area contributed by atoms with Crippen molar-refractivity contribution in [3.63, 3.8) is 0 Å². The molecule has 7 nitrogen and oxygen atoms in total. The SMILES string of the molecule is CCOc1ccc(CNC(=O)Cn2nc(-n3cccc3)c3c(C)cc(C)nc32)cc1. The highest BCUT2D eigenvalue weighted by molar-refractivity contribution is 5.88. The van der Waals surface area contributed by atoms with Gasteiger partial charge in [0, 0.05) is 24.6 Å². The van der Waals surface area contributed by atoms with Crippen molar-refractivity contribution in [2.24, 2.45) is 0 Å². The fraction of sp³-hybridized carbons (Fsp3) is 0.261. The predicted molar refractivity (Wildman–Crippen MR) is 116 cm³/mol. The summed E-state index contributed by atoms with van der Waals surface area (Å²) in [5, 5.41) is 8.62. The van der Waals surface area contributed by atoms with Gasteiger partial charge < -0.3 is 14.6 Å². The Kier molecular flexibility index (Phi) is 5.52. The molecule has 7 heteroatoms. The average Bonchev–Trinajstić information content (AvgIpc) is 3.36. The molecule has 3 aromatic heterocycles. The zero-order valence-electron chi connectivity index (χ0n) is 17.4. The largest absolute Gasteiger partial charge is 0.494 e. The van der Waals surface area contributed by atoms with Gasteiger partial charge in [-0.2, -0.15) is 5.10 Å². The lowest BCUT2D eigenvalue weighted by Gasteiger charge is -2.08. The summed E-state index contributed by atoms with van der Waals surface area (Å²) in [6.07, 6.45) is 3.88. The summed E-state index contributed by atoms with van der Waals surface area (Å²) in [6, 6.07) is 13.7. The summed E-state index contributed by atoms with van der Waals surface area (Å²) < 4.78 is 9.07. The third kappa shape index (κ3) is 4.05. The number of carbonyl (C=O) groups excluding carboxylic acids is 1. The Bertz CT molecular complexity index is 1160. The number of nitrogens with one attached hydrogen (secondary N) is 1. The number of hydrogen-bond acceptors (Lipinski definition) is 4. The molecule has 0 saturated carbocycles. The van der Waals surface area contributed by atoms with E-state index in [1.165, 1.54) is 0 Å². The van der Waals surface area contributed by atoms with Crippen LogP contribution in [0.25, 0.3) is 16.9 Å². The highest BCUT2D eigenvalue weighted by Crippen LogP contribution is 2.25. The Morgan fingerprint density at radius 3 is 2.57 bits per heavy atom. The molecule has 0 atom stereocenters. The smallest absolute Gasteiger partial charge is 0.242 e. The zero-order chi connectivity index (χ0) is 21.1. The summed E-state index contributed by atoms with van der Waals surface area (Å²) in [7, 11) is 0. The van der Waals surface area contributed by atoms with Crippen molar-refractivity contribution < 1.29 is 9.53 Å². The Morgan fingerprint density at radius 2 is 1.87 bits per heavy atom. The third-order valence-corrected chi connectivity index (χ3v) is 4.88. The molecule has 0 aliphatic rings. The zero-order valence-corrected chi connectivity index (χ0v) is 17.4. The highest BCUT2D eigenvalue weighted by atomic mass is 16.5. The molecule has 154 valence electrons. The van der Waals surface area contributed by atoms with Crippen LogP contribution in [0.4, 0.5) is 0 Å². The summed E-state index contributed by atoms with van der Waals surface area (Å²) in [5.74, 6) is 1.48. The van der Waals surface area contributed by atoms with Crippen molar-refractivity contribution in [3.05, 3.63) is 71.7 Å². The van der Waals surface area contributed by atoms with Gasteiger partial charge in [0.1, 0.15) is 12.3 Å². The lowest BCUT2D eigenvalue weighted by atomic mass is 10.2. The van der Waals surface area contributed by atoms with Gasteiger partial charge in [-0.3, -0.25) is 4.79 Å². The molecule has 0 bridgehead atoms. The first kappa shape index (κ1) is 19.7. The van der Waals surface area contributed by atoms with E-state index < -0.39 is 0 Å². The molecule has 1 amide bonds. The van der Waals surface area contributed by atoms with Crippen LogP contribution in [-0.4, -0.2) is 31.8 Å². The number of carbonyl (C=O) groups is 1. The van der Waals surface area contributed by atoms with Crippen LogP contribution in [0.3, 0.4) is 0 Å². The van der Waals surface area contributed by atoms with Gasteiger partial charge in [-0.05, 0) is 62.2 Å². The minimum atomic E-state index is -0.117. The number of aryl methyl sites for hydroxylation is 2. The van der Waals surface area contributed by atoms with Crippen molar-refractivity contribution in [1.82, 2.24) is 24.6 Å². The van der Waals surface area contributed by atoms with E-state index in [1.807, 2.05) is 80.2 Å². The van der Waals surface area contributed by atoms with E-state index in [0.717, 1.165) is 33.8 Å². The molecule has 0 aliphatic heterocycles. The maximum Gasteiger partial charge on any atom is 0.242 e. The molecule has 0 fully saturated rings. The number of ether oxygens (including phenoxy) is 1. The van der Waals surface area contributed by atoms with E-state index in [4.69, 9.17) is 9.84 Å². The fourth-order valence-electron chi connectivity index (χ4n) is 3.52. The molecule has 30 heavy (non-hydrogen) atoms. The summed E-state index contributed by atoms with van der Waals surface area (Å²) >= 11 is 0. The van der Waals surface area contributed by atoms with Crippen LogP contribution in [0.1, 0.15) is 23.7 Å². The average molecular weight is 403 g/mol. The maximum absolute atomic E-state index is 12.6. The van der Waals surface area contributed by atoms with Crippen LogP contribution in [0.15, 0.2) is 54.9 Å². The van der Waals surface area contributed by atoms with Crippen molar-refractivity contribution in [1.29, 1.82) is 0 Å². The van der Waals surface area contributed by atoms with E-state index in [0.29, 0.717) is 18.8 Å². The van der Waals surface area contributed by atoms with Gasteiger partial charge in [0.15, 0.2) is 11.5 Å². The molecule has 0 unspecified atom stereocenters. The Labute approximate surface area is 175 Å². The van der Waals surface area contributed by atoms with E-state index >= 15 is 0 Å². The summed E-state index contributed by atoms with van der Waals surface area (Å²) in [5.41, 5.74) is 3.71. The molecule has 0 saturated heterocycles. The normalized spacial score (nSPS) is 11.0. The highest BCUT2D eigenvalue weighted by Gasteiger charge is 2.17. The third-order valence-electron chi connectivity index (χ3n) is 4.88. The van der Waals surface area contributed by atoms with E-state index in [2.05, 4.69) is 10.3 Å². The number of aromatic nitrogens is 4. The number of amides is 1. The molecule has 0 radical (unpaired) electrons. The minimum absolute atomic E-state index is 0.102. The number of benzene rings is 1. The topological polar surface area (TPSA) is 74.0 Å². The van der Waals surface area contributed by atoms with Crippen molar-refractivity contribution in [2.75, 3.05) is 6.61 Å². The minimum Gasteiger partial charge on any atom is -0.494 e. The van der Waals surface area contributed by atoms with E-state index in [9.17, 15) is 4.79 Å². The van der Waals surface area contributed by atoms with Gasteiger partial charge in [-0.1, -0.05) is 12.1 Å². The number of pyridine rings is 1. The molecule has 3 heterocycles. The van der Waals surface area contributed by atoms with E-state index in [1.54, 1.807) is 4.68 Å². The number of rotatable bonds is 7. The van der Waals surface area contributed by atoms with Crippen molar-refractivity contribution >= 4 is 16.9 Å². The van der Waals surface area contributed by atoms with Gasteiger partial charge in [-0.25, -0.2) is 9.67 Å². The molecule has 0 spiro atoms. The second kappa shape index (κ2) is 8.41. The van der Waals surface area contributed by atoms with Crippen LogP contribution in [-0.2, 0) is 17.9 Å². The van der Waals surface area contributed by atoms with Gasteiger partial charge >= 0.3 is 0 Å². The first-order valence-electron chi connectivity index (χ1n) is 10.0. The predicted octanol–water partition coefficient (Wildman–Crippen LogP) is 3.55. The first-order valence-corrected chi connectivity index (χ1v) is 10.0. The van der Waals surface area contributed by atoms with Crippen LogP contribution < -0.4 is 10.1 Å². The monoisotopic (exact) mass is 403 g/mol. The second-order valence-corrected chi connectivity index (χ2v) is 7.20. The van der Waals surface area contributed by atoms with Gasteiger partial charge in [0.05, 0.1) is 12.0 Å². The fourth-order valence-corrected chi connectivity index (χ4v) is 3.52. The van der Waals surface area contributed by atoms with Gasteiger partial charge in [0.25, 0.3) is 0 Å². The number of fused-ring (bicyclic) bond motifs is 1. The molecule has 1 N–H and O–H groups in total. The van der Waals surface area contributed by atoms with Crippen LogP contribution in [0.2, 0.25) is 0 Å². The molecule has 4 rings (SSSR count). The number of hydrogen-bond donors (Lipinski definition) is 1. The quantitative estimate of drug-likeness (QED) is 0.512. The Hall–Kier alpha value is -3.61. The molecular formula is C23H25N5O2. The van der Waals surface area contributed by atoms with Crippen LogP contribution in [0.5, 0.6) is 5.75 Å². The standard InChI is InChI=1S/C23H25N5O2/c1-4-30-19-9-7-18(8-10-19)14-24-20(29)15-28-22-21(16(2)13-17(3)25-22)23(26-28)27-11-5-6-12-27/h5-13H,4,14-15H2,1-3H3,(H,24,29). The van der Waals surface area contributed by atoms with Gasteiger partial charge in [0.2, 0.25) is 5.91 Å². The second-order valence-electron chi connectivity index (χ2n) is 7.20. The molecule has 0 aliphatic carbocycles. The Balaban J connectivity index is 1.54. The molecular weight excluding hydrogens is 378 g/mol. The first-order chi connectivity index (χ1) is 14.5. The van der Waals surface area contributed by atoms with Crippen molar-refractivity contribution in [3.8, 4) is 11.6 Å².